The monoisotopic (exact) mass is 318 g/mol. The molecule has 1 heterocycles. The fourth-order valence-electron chi connectivity index (χ4n) is 3.30. The van der Waals surface area contributed by atoms with E-state index in [1.54, 1.807) is 12.1 Å². The number of ketones is 1. The molecule has 1 fully saturated rings. The van der Waals surface area contributed by atoms with E-state index in [-0.39, 0.29) is 17.7 Å². The first-order valence-corrected chi connectivity index (χ1v) is 9.17. The van der Waals surface area contributed by atoms with E-state index in [2.05, 4.69) is 10.3 Å². The summed E-state index contributed by atoms with van der Waals surface area (Å²) < 4.78 is 0. The van der Waals surface area contributed by atoms with Crippen molar-refractivity contribution < 1.29 is 9.59 Å². The molecule has 1 aromatic heterocycles. The number of aromatic nitrogens is 1. The third kappa shape index (κ3) is 6.20. The minimum Gasteiger partial charge on any atom is -0.348 e. The zero-order valence-electron chi connectivity index (χ0n) is 14.3. The minimum atomic E-state index is -0.0883. The molecular weight excluding hydrogens is 288 g/mol. The first kappa shape index (κ1) is 17.8. The zero-order valence-corrected chi connectivity index (χ0v) is 14.3. The minimum absolute atomic E-state index is 0.0462. The lowest BCUT2D eigenvalue weighted by molar-refractivity contribution is 0.0927. The van der Waals surface area contributed by atoms with Crippen LogP contribution in [0, 0.1) is 0 Å². The Kier molecular flexibility index (Phi) is 7.37. The smallest absolute Gasteiger partial charge is 0.267 e. The van der Waals surface area contributed by atoms with E-state index in [1.165, 1.54) is 64.7 Å². The molecule has 0 aliphatic heterocycles. The van der Waals surface area contributed by atoms with Gasteiger partial charge in [-0.15, -0.1) is 0 Å². The van der Waals surface area contributed by atoms with Crippen LogP contribution in [-0.2, 0) is 0 Å². The van der Waals surface area contributed by atoms with E-state index in [9.17, 15) is 9.59 Å². The summed E-state index contributed by atoms with van der Waals surface area (Å²) >= 11 is 0. The predicted octanol–water partition coefficient (Wildman–Crippen LogP) is 4.62. The third-order valence-corrected chi connectivity index (χ3v) is 4.75. The summed E-state index contributed by atoms with van der Waals surface area (Å²) in [5, 5.41) is 3.16. The Morgan fingerprint density at radius 2 is 1.35 bits per heavy atom. The van der Waals surface area contributed by atoms with Crippen molar-refractivity contribution in [3.8, 4) is 0 Å². The SMILES string of the molecule is CC(=O)c1ccc(C(=O)NC2CCCCCCCCCCC2)[nH]1. The first-order chi connectivity index (χ1) is 11.2. The number of hydrogen-bond donors (Lipinski definition) is 2. The maximum atomic E-state index is 12.4. The average Bonchev–Trinajstić information content (AvgIpc) is 3.00. The van der Waals surface area contributed by atoms with Crippen molar-refractivity contribution in [2.24, 2.45) is 0 Å². The van der Waals surface area contributed by atoms with Crippen LogP contribution in [-0.4, -0.2) is 22.7 Å². The summed E-state index contributed by atoms with van der Waals surface area (Å²) in [7, 11) is 0. The number of nitrogens with one attached hydrogen (secondary N) is 2. The van der Waals surface area contributed by atoms with Gasteiger partial charge in [-0.3, -0.25) is 9.59 Å². The van der Waals surface area contributed by atoms with Gasteiger partial charge in [-0.1, -0.05) is 57.8 Å². The van der Waals surface area contributed by atoms with Gasteiger partial charge in [-0.05, 0) is 25.0 Å². The highest BCUT2D eigenvalue weighted by Gasteiger charge is 2.16. The van der Waals surface area contributed by atoms with E-state index in [0.717, 1.165) is 12.8 Å². The van der Waals surface area contributed by atoms with Gasteiger partial charge >= 0.3 is 0 Å². The fraction of sp³-hybridized carbons (Fsp3) is 0.684. The quantitative estimate of drug-likeness (QED) is 0.799. The van der Waals surface area contributed by atoms with Gasteiger partial charge < -0.3 is 10.3 Å². The van der Waals surface area contributed by atoms with Crippen LogP contribution in [0.15, 0.2) is 12.1 Å². The Morgan fingerprint density at radius 1 is 0.870 bits per heavy atom. The summed E-state index contributed by atoms with van der Waals surface area (Å²) in [6.45, 7) is 1.50. The summed E-state index contributed by atoms with van der Waals surface area (Å²) in [4.78, 5) is 26.6. The molecular formula is C19H30N2O2. The van der Waals surface area contributed by atoms with E-state index in [0.29, 0.717) is 11.4 Å². The highest BCUT2D eigenvalue weighted by atomic mass is 16.2. The van der Waals surface area contributed by atoms with Crippen LogP contribution >= 0.6 is 0 Å². The van der Waals surface area contributed by atoms with Gasteiger partial charge in [0.1, 0.15) is 5.69 Å². The van der Waals surface area contributed by atoms with Crippen molar-refractivity contribution in [1.29, 1.82) is 0 Å². The molecule has 2 N–H and O–H groups in total. The Bertz CT molecular complexity index is 495. The van der Waals surface area contributed by atoms with Crippen molar-refractivity contribution in [1.82, 2.24) is 10.3 Å². The number of carbonyl (C=O) groups is 2. The lowest BCUT2D eigenvalue weighted by atomic mass is 9.98. The van der Waals surface area contributed by atoms with E-state index < -0.39 is 0 Å². The van der Waals surface area contributed by atoms with Crippen molar-refractivity contribution in [3.05, 3.63) is 23.5 Å². The summed E-state index contributed by atoms with van der Waals surface area (Å²) in [6, 6.07) is 3.63. The molecule has 0 spiro atoms. The van der Waals surface area contributed by atoms with E-state index >= 15 is 0 Å². The molecule has 2 rings (SSSR count). The molecule has 128 valence electrons. The molecule has 1 saturated carbocycles. The number of rotatable bonds is 3. The van der Waals surface area contributed by atoms with E-state index in [1.807, 2.05) is 0 Å². The van der Waals surface area contributed by atoms with Gasteiger partial charge in [0.05, 0.1) is 5.69 Å². The van der Waals surface area contributed by atoms with Crippen LogP contribution in [0.5, 0.6) is 0 Å². The molecule has 1 aromatic rings. The predicted molar refractivity (Wildman–Crippen MR) is 92.8 cm³/mol. The normalized spacial score (nSPS) is 18.7. The molecule has 1 aliphatic rings. The maximum Gasteiger partial charge on any atom is 0.267 e. The van der Waals surface area contributed by atoms with Crippen LogP contribution in [0.1, 0.15) is 98.5 Å². The molecule has 4 heteroatoms. The molecule has 0 aromatic carbocycles. The topological polar surface area (TPSA) is 62.0 Å². The molecule has 4 nitrogen and oxygen atoms in total. The van der Waals surface area contributed by atoms with Crippen LogP contribution in [0.2, 0.25) is 0 Å². The highest BCUT2D eigenvalue weighted by molar-refractivity contribution is 5.97. The molecule has 0 radical (unpaired) electrons. The third-order valence-electron chi connectivity index (χ3n) is 4.75. The first-order valence-electron chi connectivity index (χ1n) is 9.17. The summed E-state index contributed by atoms with van der Waals surface area (Å²) in [5.74, 6) is -0.135. The summed E-state index contributed by atoms with van der Waals surface area (Å²) in [6.07, 6.45) is 13.8. The molecule has 1 amide bonds. The fourth-order valence-corrected chi connectivity index (χ4v) is 3.30. The van der Waals surface area contributed by atoms with Crippen LogP contribution < -0.4 is 5.32 Å². The average molecular weight is 318 g/mol. The van der Waals surface area contributed by atoms with Gasteiger partial charge in [0.25, 0.3) is 5.91 Å². The number of carbonyl (C=O) groups excluding carboxylic acids is 2. The lowest BCUT2D eigenvalue weighted by Gasteiger charge is -2.19. The second-order valence-electron chi connectivity index (χ2n) is 6.77. The Hall–Kier alpha value is -1.58. The van der Waals surface area contributed by atoms with Gasteiger partial charge in [0.15, 0.2) is 5.78 Å². The van der Waals surface area contributed by atoms with Gasteiger partial charge in [-0.25, -0.2) is 0 Å². The molecule has 23 heavy (non-hydrogen) atoms. The second-order valence-corrected chi connectivity index (χ2v) is 6.77. The number of aromatic amines is 1. The molecule has 0 unspecified atom stereocenters. The summed E-state index contributed by atoms with van der Waals surface area (Å²) in [5.41, 5.74) is 0.982. The molecule has 0 bridgehead atoms. The van der Waals surface area contributed by atoms with Crippen LogP contribution in [0.3, 0.4) is 0 Å². The van der Waals surface area contributed by atoms with E-state index in [4.69, 9.17) is 0 Å². The van der Waals surface area contributed by atoms with Gasteiger partial charge in [0, 0.05) is 13.0 Å². The standard InChI is InChI=1S/C19H30N2O2/c1-15(22)17-13-14-18(21-17)19(23)20-16-11-9-7-5-3-2-4-6-8-10-12-16/h13-14,16,21H,2-12H2,1H3,(H,20,23). The Labute approximate surface area is 139 Å². The Morgan fingerprint density at radius 3 is 1.83 bits per heavy atom. The lowest BCUT2D eigenvalue weighted by Crippen LogP contribution is -2.35. The van der Waals surface area contributed by atoms with Crippen molar-refractivity contribution in [2.45, 2.75) is 83.6 Å². The molecule has 0 atom stereocenters. The zero-order chi connectivity index (χ0) is 16.5. The number of Topliss-reactive ketones (excluding diaryl/α,β-unsaturated/α-hetero) is 1. The van der Waals surface area contributed by atoms with Gasteiger partial charge in [0.2, 0.25) is 0 Å². The van der Waals surface area contributed by atoms with Crippen molar-refractivity contribution >= 4 is 11.7 Å². The second kappa shape index (κ2) is 9.53. The van der Waals surface area contributed by atoms with Crippen molar-refractivity contribution in [3.63, 3.8) is 0 Å². The molecule has 1 aliphatic carbocycles. The van der Waals surface area contributed by atoms with Crippen molar-refractivity contribution in [2.75, 3.05) is 0 Å². The number of H-pyrrole nitrogens is 1. The van der Waals surface area contributed by atoms with Gasteiger partial charge in [-0.2, -0.15) is 0 Å². The van der Waals surface area contributed by atoms with Crippen LogP contribution in [0.25, 0.3) is 0 Å². The number of hydrogen-bond acceptors (Lipinski definition) is 2. The number of amides is 1. The van der Waals surface area contributed by atoms with Crippen LogP contribution in [0.4, 0.5) is 0 Å². The molecule has 0 saturated heterocycles. The maximum absolute atomic E-state index is 12.4. The largest absolute Gasteiger partial charge is 0.348 e. The Balaban J connectivity index is 1.88. The highest BCUT2D eigenvalue weighted by Crippen LogP contribution is 2.17.